The zero-order chi connectivity index (χ0) is 13.0. The van der Waals surface area contributed by atoms with Crippen LogP contribution >= 0.6 is 0 Å². The fourth-order valence-electron chi connectivity index (χ4n) is 2.56. The first-order valence-electron chi connectivity index (χ1n) is 6.49. The van der Waals surface area contributed by atoms with Gasteiger partial charge in [-0.15, -0.1) is 0 Å². The van der Waals surface area contributed by atoms with Gasteiger partial charge >= 0.3 is 0 Å². The molecule has 1 aliphatic heterocycles. The van der Waals surface area contributed by atoms with Crippen LogP contribution in [0.4, 0.5) is 8.78 Å². The molecule has 18 heavy (non-hydrogen) atoms. The van der Waals surface area contributed by atoms with Crippen LogP contribution < -0.4 is 5.32 Å². The average molecular weight is 255 g/mol. The molecular weight excluding hydrogens is 236 g/mol. The fraction of sp³-hybridized carbons (Fsp3) is 0.571. The van der Waals surface area contributed by atoms with Crippen LogP contribution in [0.15, 0.2) is 18.2 Å². The summed E-state index contributed by atoms with van der Waals surface area (Å²) in [5, 5.41) is 3.27. The second-order valence-electron chi connectivity index (χ2n) is 4.63. The molecule has 1 aliphatic rings. The second-order valence-corrected chi connectivity index (χ2v) is 4.63. The van der Waals surface area contributed by atoms with Crippen molar-refractivity contribution in [3.05, 3.63) is 35.4 Å². The molecule has 1 unspecified atom stereocenters. The third kappa shape index (κ3) is 2.87. The van der Waals surface area contributed by atoms with Crippen LogP contribution in [-0.2, 0) is 4.74 Å². The molecule has 0 radical (unpaired) electrons. The molecule has 0 saturated carbocycles. The predicted molar refractivity (Wildman–Crippen MR) is 66.3 cm³/mol. The number of hydrogen-bond donors (Lipinski definition) is 1. The normalized spacial score (nSPS) is 18.8. The summed E-state index contributed by atoms with van der Waals surface area (Å²) in [6.07, 6.45) is 1.77. The fourth-order valence-corrected chi connectivity index (χ4v) is 2.56. The van der Waals surface area contributed by atoms with Crippen molar-refractivity contribution in [2.24, 2.45) is 5.92 Å². The molecule has 1 aromatic carbocycles. The maximum atomic E-state index is 13.9. The van der Waals surface area contributed by atoms with Gasteiger partial charge in [0, 0.05) is 24.8 Å². The molecule has 4 heteroatoms. The van der Waals surface area contributed by atoms with Crippen LogP contribution in [0, 0.1) is 17.6 Å². The number of ether oxygens (including phenoxy) is 1. The molecule has 100 valence electrons. The maximum absolute atomic E-state index is 13.9. The highest BCUT2D eigenvalue weighted by Gasteiger charge is 2.27. The number of nitrogens with one attached hydrogen (secondary N) is 1. The molecule has 0 aliphatic carbocycles. The third-order valence-electron chi connectivity index (χ3n) is 3.48. The lowest BCUT2D eigenvalue weighted by Gasteiger charge is -2.31. The molecule has 1 fully saturated rings. The maximum Gasteiger partial charge on any atom is 0.163 e. The van der Waals surface area contributed by atoms with Crippen molar-refractivity contribution in [1.29, 1.82) is 0 Å². The van der Waals surface area contributed by atoms with E-state index in [2.05, 4.69) is 5.32 Å². The highest BCUT2D eigenvalue weighted by Crippen LogP contribution is 2.31. The van der Waals surface area contributed by atoms with Crippen molar-refractivity contribution in [2.75, 3.05) is 19.8 Å². The Bertz CT molecular complexity index is 391. The van der Waals surface area contributed by atoms with Crippen LogP contribution in [0.25, 0.3) is 0 Å². The number of benzene rings is 1. The van der Waals surface area contributed by atoms with Crippen LogP contribution in [0.1, 0.15) is 31.4 Å². The van der Waals surface area contributed by atoms with Crippen LogP contribution in [0.3, 0.4) is 0 Å². The molecule has 0 amide bonds. The molecule has 1 atom stereocenters. The Morgan fingerprint density at radius 1 is 1.33 bits per heavy atom. The molecule has 1 aromatic rings. The van der Waals surface area contributed by atoms with E-state index in [1.54, 1.807) is 12.1 Å². The standard InChI is InChI=1S/C14H19F2NO/c1-2-17-14(10-6-8-18-9-7-10)11-4-3-5-12(15)13(11)16/h3-5,10,14,17H,2,6-9H2,1H3. The molecule has 2 nitrogen and oxygen atoms in total. The van der Waals surface area contributed by atoms with Crippen molar-refractivity contribution >= 4 is 0 Å². The Balaban J connectivity index is 2.25. The zero-order valence-corrected chi connectivity index (χ0v) is 10.6. The van der Waals surface area contributed by atoms with Crippen LogP contribution in [0.5, 0.6) is 0 Å². The number of hydrogen-bond acceptors (Lipinski definition) is 2. The largest absolute Gasteiger partial charge is 0.381 e. The topological polar surface area (TPSA) is 21.3 Å². The van der Waals surface area contributed by atoms with E-state index in [4.69, 9.17) is 4.74 Å². The van der Waals surface area contributed by atoms with E-state index >= 15 is 0 Å². The summed E-state index contributed by atoms with van der Waals surface area (Å²) in [5.74, 6) is -1.20. The first kappa shape index (κ1) is 13.4. The minimum atomic E-state index is -0.775. The van der Waals surface area contributed by atoms with Crippen molar-refractivity contribution in [1.82, 2.24) is 5.32 Å². The zero-order valence-electron chi connectivity index (χ0n) is 10.6. The van der Waals surface area contributed by atoms with Gasteiger partial charge in [-0.3, -0.25) is 0 Å². The minimum absolute atomic E-state index is 0.130. The summed E-state index contributed by atoms with van der Waals surface area (Å²) in [6.45, 7) is 4.11. The summed E-state index contributed by atoms with van der Waals surface area (Å²) < 4.78 is 32.5. The lowest BCUT2D eigenvalue weighted by atomic mass is 9.86. The van der Waals surface area contributed by atoms with Gasteiger partial charge in [0.25, 0.3) is 0 Å². The molecule has 0 bridgehead atoms. The van der Waals surface area contributed by atoms with Gasteiger partial charge in [0.05, 0.1) is 0 Å². The lowest BCUT2D eigenvalue weighted by molar-refractivity contribution is 0.0533. The van der Waals surface area contributed by atoms with Gasteiger partial charge in [-0.25, -0.2) is 8.78 Å². The Morgan fingerprint density at radius 3 is 2.72 bits per heavy atom. The summed E-state index contributed by atoms with van der Waals surface area (Å²) in [7, 11) is 0. The Labute approximate surface area is 106 Å². The Kier molecular flexibility index (Phi) is 4.66. The van der Waals surface area contributed by atoms with Crippen LogP contribution in [0.2, 0.25) is 0 Å². The first-order chi connectivity index (χ1) is 8.74. The van der Waals surface area contributed by atoms with Gasteiger partial charge < -0.3 is 10.1 Å². The highest BCUT2D eigenvalue weighted by molar-refractivity contribution is 5.23. The summed E-state index contributed by atoms with van der Waals surface area (Å²) in [4.78, 5) is 0. The predicted octanol–water partition coefficient (Wildman–Crippen LogP) is 3.04. The van der Waals surface area contributed by atoms with Crippen molar-refractivity contribution < 1.29 is 13.5 Å². The van der Waals surface area contributed by atoms with Crippen LogP contribution in [-0.4, -0.2) is 19.8 Å². The van der Waals surface area contributed by atoms with E-state index in [9.17, 15) is 8.78 Å². The quantitative estimate of drug-likeness (QED) is 0.893. The van der Waals surface area contributed by atoms with Crippen molar-refractivity contribution in [2.45, 2.75) is 25.8 Å². The molecule has 0 aromatic heterocycles. The van der Waals surface area contributed by atoms with E-state index in [1.807, 2.05) is 6.92 Å². The van der Waals surface area contributed by atoms with Crippen molar-refractivity contribution in [3.63, 3.8) is 0 Å². The van der Waals surface area contributed by atoms with E-state index in [0.29, 0.717) is 24.7 Å². The smallest absolute Gasteiger partial charge is 0.163 e. The first-order valence-corrected chi connectivity index (χ1v) is 6.49. The van der Waals surface area contributed by atoms with E-state index in [-0.39, 0.29) is 6.04 Å². The van der Waals surface area contributed by atoms with Gasteiger partial charge in [-0.2, -0.15) is 0 Å². The summed E-state index contributed by atoms with van der Waals surface area (Å²) in [5.41, 5.74) is 0.434. The molecule has 2 rings (SSSR count). The van der Waals surface area contributed by atoms with Gasteiger partial charge in [-0.1, -0.05) is 19.1 Å². The molecule has 1 heterocycles. The van der Waals surface area contributed by atoms with E-state index < -0.39 is 11.6 Å². The summed E-state index contributed by atoms with van der Waals surface area (Å²) in [6, 6.07) is 4.26. The SMILES string of the molecule is CCNC(c1cccc(F)c1F)C1CCOCC1. The molecular formula is C14H19F2NO. The second kappa shape index (κ2) is 6.25. The average Bonchev–Trinajstić information content (AvgIpc) is 2.41. The van der Waals surface area contributed by atoms with Gasteiger partial charge in [-0.05, 0) is 31.4 Å². The van der Waals surface area contributed by atoms with Gasteiger partial charge in [0.15, 0.2) is 11.6 Å². The Hall–Kier alpha value is -1.00. The lowest BCUT2D eigenvalue weighted by Crippen LogP contribution is -2.32. The minimum Gasteiger partial charge on any atom is -0.381 e. The van der Waals surface area contributed by atoms with E-state index in [0.717, 1.165) is 25.5 Å². The Morgan fingerprint density at radius 2 is 2.06 bits per heavy atom. The molecule has 0 spiro atoms. The number of rotatable bonds is 4. The van der Waals surface area contributed by atoms with Gasteiger partial charge in [0.2, 0.25) is 0 Å². The monoisotopic (exact) mass is 255 g/mol. The van der Waals surface area contributed by atoms with E-state index in [1.165, 1.54) is 0 Å². The molecule has 1 saturated heterocycles. The third-order valence-corrected chi connectivity index (χ3v) is 3.48. The molecule has 1 N–H and O–H groups in total. The number of halogens is 2. The van der Waals surface area contributed by atoms with Gasteiger partial charge in [0.1, 0.15) is 0 Å². The summed E-state index contributed by atoms with van der Waals surface area (Å²) >= 11 is 0. The van der Waals surface area contributed by atoms with Crippen molar-refractivity contribution in [3.8, 4) is 0 Å². The highest BCUT2D eigenvalue weighted by atomic mass is 19.2.